The summed E-state index contributed by atoms with van der Waals surface area (Å²) in [6.07, 6.45) is 3.72. The van der Waals surface area contributed by atoms with Gasteiger partial charge in [0.25, 0.3) is 0 Å². The van der Waals surface area contributed by atoms with Gasteiger partial charge in [-0.05, 0) is 6.07 Å². The molecule has 0 atom stereocenters. The van der Waals surface area contributed by atoms with Crippen LogP contribution in [0.1, 0.15) is 5.89 Å². The molecule has 0 saturated heterocycles. The summed E-state index contributed by atoms with van der Waals surface area (Å²) in [4.78, 5) is 3.93. The summed E-state index contributed by atoms with van der Waals surface area (Å²) in [6, 6.07) is 1.71. The first kappa shape index (κ1) is 10.4. The highest BCUT2D eigenvalue weighted by atomic mass is 35.5. The third-order valence-corrected chi connectivity index (χ3v) is 2.12. The predicted molar refractivity (Wildman–Crippen MR) is 57.0 cm³/mol. The number of halogens is 2. The van der Waals surface area contributed by atoms with Gasteiger partial charge in [0, 0.05) is 24.7 Å². The van der Waals surface area contributed by atoms with Crippen LogP contribution in [0.25, 0.3) is 11.5 Å². The van der Waals surface area contributed by atoms with Crippen LogP contribution >= 0.6 is 23.2 Å². The molecule has 0 N–H and O–H groups in total. The van der Waals surface area contributed by atoms with Gasteiger partial charge in [0.15, 0.2) is 0 Å². The van der Waals surface area contributed by atoms with Crippen LogP contribution in [-0.2, 0) is 6.42 Å². The predicted octanol–water partition coefficient (Wildman–Crippen LogP) is 2.57. The maximum absolute atomic E-state index is 5.79. The quantitative estimate of drug-likeness (QED) is 0.778. The lowest BCUT2D eigenvalue weighted by Gasteiger charge is -1.93. The van der Waals surface area contributed by atoms with Gasteiger partial charge in [-0.3, -0.25) is 4.98 Å². The minimum absolute atomic E-state index is 0.408. The number of pyridine rings is 1. The lowest BCUT2D eigenvalue weighted by molar-refractivity contribution is 0.513. The van der Waals surface area contributed by atoms with Crippen molar-refractivity contribution in [2.24, 2.45) is 0 Å². The molecule has 2 aromatic heterocycles. The van der Waals surface area contributed by atoms with Gasteiger partial charge < -0.3 is 4.42 Å². The molecule has 0 aliphatic carbocycles. The topological polar surface area (TPSA) is 51.8 Å². The molecule has 15 heavy (non-hydrogen) atoms. The van der Waals surface area contributed by atoms with E-state index in [1.807, 2.05) is 0 Å². The Balaban J connectivity index is 2.29. The van der Waals surface area contributed by atoms with Crippen molar-refractivity contribution in [2.45, 2.75) is 6.42 Å². The van der Waals surface area contributed by atoms with Crippen molar-refractivity contribution in [2.75, 3.05) is 5.88 Å². The highest BCUT2D eigenvalue weighted by Gasteiger charge is 2.08. The monoisotopic (exact) mass is 243 g/mol. The van der Waals surface area contributed by atoms with Gasteiger partial charge in [0.2, 0.25) is 11.8 Å². The molecule has 0 fully saturated rings. The summed E-state index contributed by atoms with van der Waals surface area (Å²) in [5.74, 6) is 1.38. The summed E-state index contributed by atoms with van der Waals surface area (Å²) in [6.45, 7) is 0. The second-order valence-corrected chi connectivity index (χ2v) is 3.65. The average molecular weight is 244 g/mol. The highest BCUT2D eigenvalue weighted by molar-refractivity contribution is 6.30. The Kier molecular flexibility index (Phi) is 3.18. The molecule has 4 nitrogen and oxygen atoms in total. The zero-order valence-corrected chi connectivity index (χ0v) is 9.16. The van der Waals surface area contributed by atoms with Gasteiger partial charge in [-0.15, -0.1) is 21.8 Å². The third kappa shape index (κ3) is 2.46. The summed E-state index contributed by atoms with van der Waals surface area (Å²) in [7, 11) is 0. The van der Waals surface area contributed by atoms with E-state index in [0.29, 0.717) is 34.7 Å². The van der Waals surface area contributed by atoms with Crippen LogP contribution < -0.4 is 0 Å². The van der Waals surface area contributed by atoms with E-state index in [4.69, 9.17) is 27.6 Å². The van der Waals surface area contributed by atoms with E-state index in [1.165, 1.54) is 0 Å². The van der Waals surface area contributed by atoms with Crippen molar-refractivity contribution in [1.29, 1.82) is 0 Å². The van der Waals surface area contributed by atoms with Gasteiger partial charge in [-0.2, -0.15) is 0 Å². The van der Waals surface area contributed by atoms with Crippen molar-refractivity contribution in [1.82, 2.24) is 15.2 Å². The molecule has 0 unspecified atom stereocenters. The Morgan fingerprint density at radius 1 is 1.27 bits per heavy atom. The molecule has 78 valence electrons. The number of hydrogen-bond donors (Lipinski definition) is 0. The van der Waals surface area contributed by atoms with Crippen molar-refractivity contribution in [3.63, 3.8) is 0 Å². The zero-order valence-electron chi connectivity index (χ0n) is 7.65. The fourth-order valence-electron chi connectivity index (χ4n) is 1.08. The molecular formula is C9H7Cl2N3O. The van der Waals surface area contributed by atoms with Crippen molar-refractivity contribution in [3.05, 3.63) is 29.4 Å². The van der Waals surface area contributed by atoms with Crippen LogP contribution in [0.3, 0.4) is 0 Å². The fourth-order valence-corrected chi connectivity index (χ4v) is 1.42. The summed E-state index contributed by atoms with van der Waals surface area (Å²) < 4.78 is 5.36. The van der Waals surface area contributed by atoms with Crippen molar-refractivity contribution in [3.8, 4) is 11.5 Å². The van der Waals surface area contributed by atoms with Crippen molar-refractivity contribution < 1.29 is 4.42 Å². The molecule has 2 rings (SSSR count). The molecule has 0 radical (unpaired) electrons. The van der Waals surface area contributed by atoms with E-state index in [2.05, 4.69) is 15.2 Å². The number of alkyl halides is 1. The molecule has 0 aliphatic rings. The SMILES string of the molecule is ClCCc1nnc(-c2cncc(Cl)c2)o1. The minimum Gasteiger partial charge on any atom is -0.421 e. The number of aryl methyl sites for hydroxylation is 1. The van der Waals surface area contributed by atoms with Crippen LogP contribution in [0.4, 0.5) is 0 Å². The summed E-state index contributed by atoms with van der Waals surface area (Å²) >= 11 is 11.3. The molecule has 0 bridgehead atoms. The second-order valence-electron chi connectivity index (χ2n) is 2.83. The molecule has 0 saturated carbocycles. The van der Waals surface area contributed by atoms with Gasteiger partial charge in [-0.25, -0.2) is 0 Å². The Morgan fingerprint density at radius 2 is 2.13 bits per heavy atom. The molecule has 0 amide bonds. The first-order valence-electron chi connectivity index (χ1n) is 4.29. The Bertz CT molecular complexity index is 458. The molecular weight excluding hydrogens is 237 g/mol. The van der Waals surface area contributed by atoms with Crippen LogP contribution in [-0.4, -0.2) is 21.1 Å². The van der Waals surface area contributed by atoms with Gasteiger partial charge >= 0.3 is 0 Å². The standard InChI is InChI=1S/C9H7Cl2N3O/c10-2-1-8-13-14-9(15-8)6-3-7(11)5-12-4-6/h3-5H,1-2H2. The minimum atomic E-state index is 0.408. The van der Waals surface area contributed by atoms with Gasteiger partial charge in [0.1, 0.15) is 0 Å². The largest absolute Gasteiger partial charge is 0.421 e. The molecule has 2 heterocycles. The molecule has 0 aromatic carbocycles. The third-order valence-electron chi connectivity index (χ3n) is 1.73. The average Bonchev–Trinajstić information content (AvgIpc) is 2.67. The Morgan fingerprint density at radius 3 is 2.87 bits per heavy atom. The second kappa shape index (κ2) is 4.59. The maximum Gasteiger partial charge on any atom is 0.249 e. The normalized spacial score (nSPS) is 10.5. The van der Waals surface area contributed by atoms with E-state index in [9.17, 15) is 0 Å². The van der Waals surface area contributed by atoms with Crippen LogP contribution in [0.15, 0.2) is 22.9 Å². The first-order chi connectivity index (χ1) is 7.29. The summed E-state index contributed by atoms with van der Waals surface area (Å²) in [5.41, 5.74) is 0.704. The van der Waals surface area contributed by atoms with E-state index < -0.39 is 0 Å². The van der Waals surface area contributed by atoms with Crippen LogP contribution in [0, 0.1) is 0 Å². The van der Waals surface area contributed by atoms with Crippen LogP contribution in [0.2, 0.25) is 5.02 Å². The zero-order chi connectivity index (χ0) is 10.7. The van der Waals surface area contributed by atoms with Gasteiger partial charge in [-0.1, -0.05) is 11.6 Å². The number of nitrogens with zero attached hydrogens (tertiary/aromatic N) is 3. The Labute approximate surface area is 96.2 Å². The lowest BCUT2D eigenvalue weighted by atomic mass is 10.3. The smallest absolute Gasteiger partial charge is 0.249 e. The Hall–Kier alpha value is -1.13. The van der Waals surface area contributed by atoms with E-state index in [0.717, 1.165) is 0 Å². The molecule has 6 heteroatoms. The lowest BCUT2D eigenvalue weighted by Crippen LogP contribution is -1.84. The van der Waals surface area contributed by atoms with Crippen molar-refractivity contribution >= 4 is 23.2 Å². The number of rotatable bonds is 3. The van der Waals surface area contributed by atoms with E-state index in [-0.39, 0.29) is 0 Å². The molecule has 0 aliphatic heterocycles. The summed E-state index contributed by atoms with van der Waals surface area (Å²) in [5, 5.41) is 8.24. The highest BCUT2D eigenvalue weighted by Crippen LogP contribution is 2.20. The van der Waals surface area contributed by atoms with Gasteiger partial charge in [0.05, 0.1) is 10.6 Å². The fraction of sp³-hybridized carbons (Fsp3) is 0.222. The number of aromatic nitrogens is 3. The first-order valence-corrected chi connectivity index (χ1v) is 5.20. The van der Waals surface area contributed by atoms with Crippen LogP contribution in [0.5, 0.6) is 0 Å². The van der Waals surface area contributed by atoms with E-state index >= 15 is 0 Å². The maximum atomic E-state index is 5.79. The van der Waals surface area contributed by atoms with E-state index in [1.54, 1.807) is 18.5 Å². The molecule has 2 aromatic rings. The number of hydrogen-bond acceptors (Lipinski definition) is 4. The molecule has 0 spiro atoms.